The van der Waals surface area contributed by atoms with E-state index in [1.807, 2.05) is 0 Å². The van der Waals surface area contributed by atoms with E-state index in [0.717, 1.165) is 5.56 Å². The molecule has 0 saturated heterocycles. The first-order chi connectivity index (χ1) is 11.3. The Kier molecular flexibility index (Phi) is 4.38. The summed E-state index contributed by atoms with van der Waals surface area (Å²) in [5.41, 5.74) is 2.73. The molecule has 7 heteroatoms. The van der Waals surface area contributed by atoms with Crippen molar-refractivity contribution in [1.29, 1.82) is 0 Å². The molecule has 1 heterocycles. The van der Waals surface area contributed by atoms with Gasteiger partial charge in [-0.25, -0.2) is 17.5 Å². The number of fused-ring (bicyclic) bond motifs is 1. The van der Waals surface area contributed by atoms with Crippen LogP contribution in [0, 0.1) is 12.7 Å². The van der Waals surface area contributed by atoms with Crippen molar-refractivity contribution < 1.29 is 17.6 Å². The molecule has 1 aliphatic rings. The quantitative estimate of drug-likeness (QED) is 0.869. The highest BCUT2D eigenvalue weighted by molar-refractivity contribution is 7.89. The van der Waals surface area contributed by atoms with Crippen molar-refractivity contribution in [2.45, 2.75) is 24.7 Å². The molecule has 0 bridgehead atoms. The van der Waals surface area contributed by atoms with Gasteiger partial charge in [-0.05, 0) is 54.3 Å². The van der Waals surface area contributed by atoms with Gasteiger partial charge in [-0.15, -0.1) is 0 Å². The smallest absolute Gasteiger partial charge is 0.240 e. The van der Waals surface area contributed by atoms with Gasteiger partial charge >= 0.3 is 0 Å². The summed E-state index contributed by atoms with van der Waals surface area (Å²) in [4.78, 5) is 11.5. The number of carbonyl (C=O) groups excluding carboxylic acids is 1. The summed E-state index contributed by atoms with van der Waals surface area (Å²) in [5, 5.41) is 2.67. The molecule has 0 saturated carbocycles. The van der Waals surface area contributed by atoms with Gasteiger partial charge in [-0.2, -0.15) is 0 Å². The van der Waals surface area contributed by atoms with E-state index in [4.69, 9.17) is 0 Å². The molecule has 1 aliphatic heterocycles. The van der Waals surface area contributed by atoms with Gasteiger partial charge in [0.2, 0.25) is 15.9 Å². The SMILES string of the molecule is Cc1cc(CCNS(=O)(=O)c2ccc3c(c2)CC(=O)N3)ccc1F. The van der Waals surface area contributed by atoms with E-state index in [2.05, 4.69) is 10.0 Å². The number of amides is 1. The Morgan fingerprint density at radius 3 is 2.75 bits per heavy atom. The molecule has 5 nitrogen and oxygen atoms in total. The minimum atomic E-state index is -3.65. The zero-order valence-electron chi connectivity index (χ0n) is 13.1. The molecule has 0 atom stereocenters. The Bertz CT molecular complexity index is 910. The van der Waals surface area contributed by atoms with Crippen molar-refractivity contribution in [1.82, 2.24) is 4.72 Å². The van der Waals surface area contributed by atoms with E-state index in [9.17, 15) is 17.6 Å². The van der Waals surface area contributed by atoms with Gasteiger partial charge in [0.25, 0.3) is 0 Å². The highest BCUT2D eigenvalue weighted by Gasteiger charge is 2.21. The largest absolute Gasteiger partial charge is 0.326 e. The predicted octanol–water partition coefficient (Wildman–Crippen LogP) is 2.15. The summed E-state index contributed by atoms with van der Waals surface area (Å²) in [6.45, 7) is 1.88. The Morgan fingerprint density at radius 2 is 2.00 bits per heavy atom. The van der Waals surface area contributed by atoms with Crippen LogP contribution in [0.4, 0.5) is 10.1 Å². The molecular weight excluding hydrogens is 331 g/mol. The van der Waals surface area contributed by atoms with Crippen LogP contribution in [0.5, 0.6) is 0 Å². The first-order valence-corrected chi connectivity index (χ1v) is 9.01. The van der Waals surface area contributed by atoms with Crippen LogP contribution in [0.2, 0.25) is 0 Å². The lowest BCUT2D eigenvalue weighted by atomic mass is 10.1. The van der Waals surface area contributed by atoms with Crippen LogP contribution in [0.25, 0.3) is 0 Å². The van der Waals surface area contributed by atoms with Crippen molar-refractivity contribution in [3.63, 3.8) is 0 Å². The number of nitrogens with one attached hydrogen (secondary N) is 2. The fourth-order valence-corrected chi connectivity index (χ4v) is 3.73. The van der Waals surface area contributed by atoms with Crippen LogP contribution in [-0.2, 0) is 27.7 Å². The van der Waals surface area contributed by atoms with E-state index < -0.39 is 10.0 Å². The lowest BCUT2D eigenvalue weighted by Crippen LogP contribution is -2.26. The summed E-state index contributed by atoms with van der Waals surface area (Å²) >= 11 is 0. The summed E-state index contributed by atoms with van der Waals surface area (Å²) in [6, 6.07) is 9.30. The molecule has 2 N–H and O–H groups in total. The molecule has 2 aromatic carbocycles. The number of hydrogen-bond donors (Lipinski definition) is 2. The van der Waals surface area contributed by atoms with E-state index in [-0.39, 0.29) is 29.6 Å². The lowest BCUT2D eigenvalue weighted by Gasteiger charge is -2.09. The summed E-state index contributed by atoms with van der Waals surface area (Å²) < 4.78 is 40.5. The molecule has 0 aliphatic carbocycles. The number of halogens is 1. The van der Waals surface area contributed by atoms with Crippen molar-refractivity contribution in [3.8, 4) is 0 Å². The number of carbonyl (C=O) groups is 1. The zero-order chi connectivity index (χ0) is 17.3. The number of benzene rings is 2. The van der Waals surface area contributed by atoms with Crippen molar-refractivity contribution >= 4 is 21.6 Å². The maximum Gasteiger partial charge on any atom is 0.240 e. The normalized spacial score (nSPS) is 13.7. The summed E-state index contributed by atoms with van der Waals surface area (Å²) in [5.74, 6) is -0.417. The van der Waals surface area contributed by atoms with Gasteiger partial charge in [0.05, 0.1) is 11.3 Å². The first-order valence-electron chi connectivity index (χ1n) is 7.52. The Labute approximate surface area is 139 Å². The van der Waals surface area contributed by atoms with Crippen molar-refractivity contribution in [3.05, 3.63) is 58.9 Å². The second-order valence-electron chi connectivity index (χ2n) is 5.78. The van der Waals surface area contributed by atoms with Gasteiger partial charge in [0, 0.05) is 12.2 Å². The molecule has 0 aromatic heterocycles. The number of aryl methyl sites for hydroxylation is 1. The molecule has 0 unspecified atom stereocenters. The fourth-order valence-electron chi connectivity index (χ4n) is 2.65. The van der Waals surface area contributed by atoms with E-state index in [1.54, 1.807) is 25.1 Å². The molecule has 2 aromatic rings. The molecule has 24 heavy (non-hydrogen) atoms. The molecule has 0 radical (unpaired) electrons. The van der Waals surface area contributed by atoms with Gasteiger partial charge in [0.1, 0.15) is 5.82 Å². The van der Waals surface area contributed by atoms with E-state index in [0.29, 0.717) is 23.2 Å². The number of hydrogen-bond acceptors (Lipinski definition) is 3. The van der Waals surface area contributed by atoms with Crippen LogP contribution in [0.1, 0.15) is 16.7 Å². The van der Waals surface area contributed by atoms with E-state index in [1.165, 1.54) is 18.2 Å². The summed E-state index contributed by atoms with van der Waals surface area (Å²) in [6.07, 6.45) is 0.652. The van der Waals surface area contributed by atoms with Crippen LogP contribution < -0.4 is 10.0 Å². The predicted molar refractivity (Wildman–Crippen MR) is 88.8 cm³/mol. The fraction of sp³-hybridized carbons (Fsp3) is 0.235. The van der Waals surface area contributed by atoms with E-state index >= 15 is 0 Å². The molecule has 126 valence electrons. The lowest BCUT2D eigenvalue weighted by molar-refractivity contribution is -0.115. The monoisotopic (exact) mass is 348 g/mol. The third kappa shape index (κ3) is 3.47. The second-order valence-corrected chi connectivity index (χ2v) is 7.54. The molecule has 0 fully saturated rings. The number of rotatable bonds is 5. The molecule has 1 amide bonds. The van der Waals surface area contributed by atoms with Gasteiger partial charge in [-0.1, -0.05) is 12.1 Å². The van der Waals surface area contributed by atoms with Crippen molar-refractivity contribution in [2.75, 3.05) is 11.9 Å². The maximum atomic E-state index is 13.2. The maximum absolute atomic E-state index is 13.2. The Morgan fingerprint density at radius 1 is 1.21 bits per heavy atom. The van der Waals surface area contributed by atoms with Crippen LogP contribution in [0.15, 0.2) is 41.3 Å². The first kappa shape index (κ1) is 16.6. The highest BCUT2D eigenvalue weighted by Crippen LogP contribution is 2.25. The van der Waals surface area contributed by atoms with Crippen LogP contribution >= 0.6 is 0 Å². The minimum absolute atomic E-state index is 0.132. The third-order valence-corrected chi connectivity index (χ3v) is 5.40. The average molecular weight is 348 g/mol. The molecule has 0 spiro atoms. The van der Waals surface area contributed by atoms with Gasteiger partial charge in [-0.3, -0.25) is 4.79 Å². The van der Waals surface area contributed by atoms with Gasteiger partial charge < -0.3 is 5.32 Å². The summed E-state index contributed by atoms with van der Waals surface area (Å²) in [7, 11) is -3.65. The standard InChI is InChI=1S/C17H17FN2O3S/c1-11-8-12(2-4-15(11)18)6-7-19-24(22,23)14-3-5-16-13(9-14)10-17(21)20-16/h2-5,8-9,19H,6-7,10H2,1H3,(H,20,21). The average Bonchev–Trinajstić information content (AvgIpc) is 2.89. The topological polar surface area (TPSA) is 75.3 Å². The Hall–Kier alpha value is -2.25. The Balaban J connectivity index is 1.67. The van der Waals surface area contributed by atoms with Crippen molar-refractivity contribution in [2.24, 2.45) is 0 Å². The minimum Gasteiger partial charge on any atom is -0.326 e. The molecular formula is C17H17FN2O3S. The van der Waals surface area contributed by atoms with Gasteiger partial charge in [0.15, 0.2) is 0 Å². The third-order valence-electron chi connectivity index (χ3n) is 3.94. The van der Waals surface area contributed by atoms with Crippen LogP contribution in [-0.4, -0.2) is 20.9 Å². The zero-order valence-corrected chi connectivity index (χ0v) is 13.9. The molecule has 3 rings (SSSR count). The highest BCUT2D eigenvalue weighted by atomic mass is 32.2. The number of sulfonamides is 1. The van der Waals surface area contributed by atoms with Crippen LogP contribution in [0.3, 0.4) is 0 Å². The second kappa shape index (κ2) is 6.33. The number of anilines is 1.